The predicted octanol–water partition coefficient (Wildman–Crippen LogP) is 1.09. The molecule has 1 saturated heterocycles. The normalized spacial score (nSPS) is 24.4. The number of rotatable bonds is 6. The van der Waals surface area contributed by atoms with Crippen LogP contribution in [0.2, 0.25) is 0 Å². The molecular weight excluding hydrogens is 232 g/mol. The molecule has 1 aliphatic rings. The standard InChI is InChI=1S/C13H24N2O3/c1-4-5-13(12(17)18)6-7-15(9-13)8-11(16)14-10(2)3/h10H,4-9H2,1-3H3,(H,14,16)(H,17,18). The first-order valence-electron chi connectivity index (χ1n) is 6.65. The summed E-state index contributed by atoms with van der Waals surface area (Å²) in [6.45, 7) is 7.32. The Morgan fingerprint density at radius 2 is 2.11 bits per heavy atom. The molecule has 0 bridgehead atoms. The second kappa shape index (κ2) is 6.18. The van der Waals surface area contributed by atoms with Crippen molar-refractivity contribution in [3.63, 3.8) is 0 Å². The van der Waals surface area contributed by atoms with Gasteiger partial charge in [-0.2, -0.15) is 0 Å². The van der Waals surface area contributed by atoms with Crippen molar-refractivity contribution in [3.05, 3.63) is 0 Å². The fourth-order valence-corrected chi connectivity index (χ4v) is 2.63. The van der Waals surface area contributed by atoms with E-state index < -0.39 is 11.4 Å². The van der Waals surface area contributed by atoms with Crippen molar-refractivity contribution in [2.45, 2.75) is 46.1 Å². The minimum absolute atomic E-state index is 0.0253. The smallest absolute Gasteiger partial charge is 0.310 e. The predicted molar refractivity (Wildman–Crippen MR) is 69.3 cm³/mol. The number of hydrogen-bond donors (Lipinski definition) is 2. The zero-order valence-corrected chi connectivity index (χ0v) is 11.5. The van der Waals surface area contributed by atoms with Crippen molar-refractivity contribution < 1.29 is 14.7 Å². The van der Waals surface area contributed by atoms with Gasteiger partial charge in [-0.3, -0.25) is 14.5 Å². The topological polar surface area (TPSA) is 69.6 Å². The molecule has 18 heavy (non-hydrogen) atoms. The Morgan fingerprint density at radius 1 is 1.44 bits per heavy atom. The summed E-state index contributed by atoms with van der Waals surface area (Å²) in [5.41, 5.74) is -0.646. The molecule has 2 N–H and O–H groups in total. The van der Waals surface area contributed by atoms with E-state index in [9.17, 15) is 14.7 Å². The second-order valence-electron chi connectivity index (χ2n) is 5.52. The van der Waals surface area contributed by atoms with Crippen molar-refractivity contribution in [1.29, 1.82) is 0 Å². The molecule has 0 aliphatic carbocycles. The minimum atomic E-state index is -0.726. The molecule has 1 unspecified atom stereocenters. The Hall–Kier alpha value is -1.10. The number of carbonyl (C=O) groups excluding carboxylic acids is 1. The molecule has 0 aromatic rings. The molecule has 1 amide bonds. The lowest BCUT2D eigenvalue weighted by Crippen LogP contribution is -2.41. The number of likely N-dealkylation sites (tertiary alicyclic amines) is 1. The van der Waals surface area contributed by atoms with Gasteiger partial charge in [0.05, 0.1) is 12.0 Å². The van der Waals surface area contributed by atoms with Crippen LogP contribution in [-0.2, 0) is 9.59 Å². The van der Waals surface area contributed by atoms with E-state index in [-0.39, 0.29) is 11.9 Å². The highest BCUT2D eigenvalue weighted by Gasteiger charge is 2.44. The number of amides is 1. The van der Waals surface area contributed by atoms with Crippen LogP contribution in [0.5, 0.6) is 0 Å². The van der Waals surface area contributed by atoms with Gasteiger partial charge in [0.25, 0.3) is 0 Å². The molecule has 1 rings (SSSR count). The Balaban J connectivity index is 2.53. The van der Waals surface area contributed by atoms with E-state index in [2.05, 4.69) is 5.32 Å². The molecule has 1 aliphatic heterocycles. The number of carbonyl (C=O) groups is 2. The van der Waals surface area contributed by atoms with E-state index in [1.165, 1.54) is 0 Å². The van der Waals surface area contributed by atoms with E-state index in [1.54, 1.807) is 0 Å². The minimum Gasteiger partial charge on any atom is -0.481 e. The summed E-state index contributed by atoms with van der Waals surface area (Å²) in [6.07, 6.45) is 2.19. The van der Waals surface area contributed by atoms with Crippen molar-refractivity contribution in [2.75, 3.05) is 19.6 Å². The lowest BCUT2D eigenvalue weighted by molar-refractivity contribution is -0.148. The second-order valence-corrected chi connectivity index (χ2v) is 5.52. The van der Waals surface area contributed by atoms with E-state index in [0.717, 1.165) is 6.42 Å². The van der Waals surface area contributed by atoms with Gasteiger partial charge in [-0.25, -0.2) is 0 Å². The number of nitrogens with one attached hydrogen (secondary N) is 1. The fraction of sp³-hybridized carbons (Fsp3) is 0.846. The third-order valence-electron chi connectivity index (χ3n) is 3.43. The van der Waals surface area contributed by atoms with Gasteiger partial charge in [0.2, 0.25) is 5.91 Å². The largest absolute Gasteiger partial charge is 0.481 e. The van der Waals surface area contributed by atoms with Gasteiger partial charge in [-0.1, -0.05) is 13.3 Å². The fourth-order valence-electron chi connectivity index (χ4n) is 2.63. The Labute approximate surface area is 109 Å². The molecule has 1 fully saturated rings. The summed E-state index contributed by atoms with van der Waals surface area (Å²) in [4.78, 5) is 25.0. The van der Waals surface area contributed by atoms with E-state index in [4.69, 9.17) is 0 Å². The highest BCUT2D eigenvalue weighted by atomic mass is 16.4. The molecule has 0 spiro atoms. The summed E-state index contributed by atoms with van der Waals surface area (Å²) in [5, 5.41) is 12.2. The van der Waals surface area contributed by atoms with Gasteiger partial charge in [0.15, 0.2) is 0 Å². The lowest BCUT2D eigenvalue weighted by atomic mass is 9.83. The van der Waals surface area contributed by atoms with Gasteiger partial charge in [-0.05, 0) is 33.2 Å². The number of hydrogen-bond acceptors (Lipinski definition) is 3. The molecule has 0 saturated carbocycles. The molecule has 104 valence electrons. The first-order valence-corrected chi connectivity index (χ1v) is 6.65. The van der Waals surface area contributed by atoms with Crippen LogP contribution in [-0.4, -0.2) is 47.6 Å². The van der Waals surface area contributed by atoms with Gasteiger partial charge < -0.3 is 10.4 Å². The van der Waals surface area contributed by atoms with Crippen LogP contribution in [0.3, 0.4) is 0 Å². The van der Waals surface area contributed by atoms with Crippen molar-refractivity contribution in [2.24, 2.45) is 5.41 Å². The maximum atomic E-state index is 11.6. The summed E-state index contributed by atoms with van der Waals surface area (Å²) >= 11 is 0. The van der Waals surface area contributed by atoms with E-state index in [1.807, 2.05) is 25.7 Å². The van der Waals surface area contributed by atoms with Crippen LogP contribution in [0.1, 0.15) is 40.0 Å². The first-order chi connectivity index (χ1) is 8.39. The summed E-state index contributed by atoms with van der Waals surface area (Å²) in [5.74, 6) is -0.751. The van der Waals surface area contributed by atoms with Gasteiger partial charge in [0.1, 0.15) is 0 Å². The average molecular weight is 256 g/mol. The maximum Gasteiger partial charge on any atom is 0.310 e. The summed E-state index contributed by atoms with van der Waals surface area (Å²) in [7, 11) is 0. The van der Waals surface area contributed by atoms with Crippen molar-refractivity contribution in [1.82, 2.24) is 10.2 Å². The number of carboxylic acids is 1. The molecule has 1 atom stereocenters. The van der Waals surface area contributed by atoms with Crippen LogP contribution >= 0.6 is 0 Å². The molecule has 0 aromatic carbocycles. The molecule has 5 heteroatoms. The monoisotopic (exact) mass is 256 g/mol. The van der Waals surface area contributed by atoms with Crippen LogP contribution in [0.4, 0.5) is 0 Å². The highest BCUT2D eigenvalue weighted by molar-refractivity contribution is 5.79. The van der Waals surface area contributed by atoms with Gasteiger partial charge >= 0.3 is 5.97 Å². The number of aliphatic carboxylic acids is 1. The molecule has 1 heterocycles. The van der Waals surface area contributed by atoms with Crippen molar-refractivity contribution in [3.8, 4) is 0 Å². The van der Waals surface area contributed by atoms with Crippen molar-refractivity contribution >= 4 is 11.9 Å². The van der Waals surface area contributed by atoms with Crippen LogP contribution < -0.4 is 5.32 Å². The Kier molecular flexibility index (Phi) is 5.14. The van der Waals surface area contributed by atoms with Gasteiger partial charge in [-0.15, -0.1) is 0 Å². The Bertz CT molecular complexity index is 317. The molecule has 0 radical (unpaired) electrons. The van der Waals surface area contributed by atoms with Crippen LogP contribution in [0.25, 0.3) is 0 Å². The first kappa shape index (κ1) is 15.0. The zero-order valence-electron chi connectivity index (χ0n) is 11.5. The maximum absolute atomic E-state index is 11.6. The SMILES string of the molecule is CCCC1(C(=O)O)CCN(CC(=O)NC(C)C)C1. The molecule has 0 aromatic heterocycles. The third kappa shape index (κ3) is 3.70. The van der Waals surface area contributed by atoms with E-state index in [0.29, 0.717) is 32.5 Å². The quantitative estimate of drug-likeness (QED) is 0.746. The van der Waals surface area contributed by atoms with Gasteiger partial charge in [0, 0.05) is 12.6 Å². The van der Waals surface area contributed by atoms with Crippen LogP contribution in [0.15, 0.2) is 0 Å². The van der Waals surface area contributed by atoms with Crippen LogP contribution in [0, 0.1) is 5.41 Å². The lowest BCUT2D eigenvalue weighted by Gasteiger charge is -2.24. The molecule has 5 nitrogen and oxygen atoms in total. The summed E-state index contributed by atoms with van der Waals surface area (Å²) < 4.78 is 0. The zero-order chi connectivity index (χ0) is 13.8. The third-order valence-corrected chi connectivity index (χ3v) is 3.43. The average Bonchev–Trinajstić information content (AvgIpc) is 2.61. The Morgan fingerprint density at radius 3 is 2.61 bits per heavy atom. The number of carboxylic acid groups (broad SMARTS) is 1. The van der Waals surface area contributed by atoms with E-state index >= 15 is 0 Å². The molecular formula is C13H24N2O3. The highest BCUT2D eigenvalue weighted by Crippen LogP contribution is 2.35. The number of nitrogens with zero attached hydrogens (tertiary/aromatic N) is 1. The summed E-state index contributed by atoms with van der Waals surface area (Å²) in [6, 6.07) is 0.125.